The van der Waals surface area contributed by atoms with Crippen molar-refractivity contribution >= 4 is 49.3 Å². The molecule has 322 valence electrons. The molecule has 9 aromatic carbocycles. The highest BCUT2D eigenvalue weighted by molar-refractivity contribution is 6.20. The number of nitriles is 3. The van der Waals surface area contributed by atoms with Crippen LogP contribution in [0.5, 0.6) is 0 Å². The van der Waals surface area contributed by atoms with E-state index < -0.39 is 0 Å². The van der Waals surface area contributed by atoms with Crippen LogP contribution in [-0.2, 0) is 0 Å². The first-order valence-corrected chi connectivity index (χ1v) is 22.5. The Morgan fingerprint density at radius 2 is 0.871 bits per heavy atom. The van der Waals surface area contributed by atoms with Crippen LogP contribution in [0.3, 0.4) is 0 Å². The van der Waals surface area contributed by atoms with Gasteiger partial charge in [0.15, 0.2) is 23.2 Å². The maximum absolute atomic E-state index is 11.0. The number of fused-ring (bicyclic) bond motifs is 6. The molecule has 0 aliphatic carbocycles. The minimum Gasteiger partial charge on any atom is -0.309 e. The lowest BCUT2D eigenvalue weighted by Crippen LogP contribution is -2.05. The van der Waals surface area contributed by atoms with Crippen LogP contribution in [0.15, 0.2) is 200 Å². The molecule has 12 aromatic rings. The van der Waals surface area contributed by atoms with Crippen LogP contribution in [0.25, 0.3) is 116 Å². The lowest BCUT2D eigenvalue weighted by atomic mass is 9.88. The molecule has 0 aliphatic rings. The van der Waals surface area contributed by atoms with Crippen molar-refractivity contribution in [2.24, 2.45) is 0 Å². The molecule has 0 amide bonds. The van der Waals surface area contributed by atoms with E-state index in [2.05, 4.69) is 92.9 Å². The average molecular weight is 892 g/mol. The molecule has 12 rings (SSSR count). The van der Waals surface area contributed by atoms with Gasteiger partial charge in [-0.3, -0.25) is 0 Å². The van der Waals surface area contributed by atoms with Gasteiger partial charge < -0.3 is 9.13 Å². The molecule has 0 fully saturated rings. The molecule has 0 saturated carbocycles. The van der Waals surface area contributed by atoms with E-state index in [-0.39, 0.29) is 11.1 Å². The minimum atomic E-state index is 0.283. The van der Waals surface area contributed by atoms with E-state index in [1.807, 2.05) is 115 Å². The standard InChI is InChI=1S/C61H33N9/c1-65-44-26-28-47(43(30-44)37-64)53-32-41(61-67-59(39-15-5-2-6-16-39)66-60(68-61)40-17-7-3-8-18-40)31-52(46-27-25-38(35-62)29-42(46)36-63)58(53)70-55-24-14-12-22-49(55)51-33-50-48-21-11-13-23-54(48)69(56(50)34-57(51)70)45-19-9-4-10-20-45/h2-34H. The van der Waals surface area contributed by atoms with Crippen molar-refractivity contribution in [1.29, 1.82) is 15.8 Å². The molecule has 0 saturated heterocycles. The Hall–Kier alpha value is -10.5. The lowest BCUT2D eigenvalue weighted by molar-refractivity contribution is 1.07. The fraction of sp³-hybridized carbons (Fsp3) is 0. The number of aromatic nitrogens is 5. The first-order chi connectivity index (χ1) is 34.5. The van der Waals surface area contributed by atoms with Gasteiger partial charge in [-0.1, -0.05) is 133 Å². The van der Waals surface area contributed by atoms with Crippen LogP contribution >= 0.6 is 0 Å². The van der Waals surface area contributed by atoms with Crippen LogP contribution in [-0.4, -0.2) is 24.1 Å². The van der Waals surface area contributed by atoms with Crippen molar-refractivity contribution in [3.63, 3.8) is 0 Å². The normalized spacial score (nSPS) is 11.1. The maximum atomic E-state index is 11.0. The molecular weight excluding hydrogens is 859 g/mol. The molecule has 3 aromatic heterocycles. The van der Waals surface area contributed by atoms with E-state index in [9.17, 15) is 15.8 Å². The Kier molecular flexibility index (Phi) is 9.82. The number of para-hydroxylation sites is 3. The van der Waals surface area contributed by atoms with Crippen LogP contribution in [0.2, 0.25) is 0 Å². The smallest absolute Gasteiger partial charge is 0.188 e. The monoisotopic (exact) mass is 891 g/mol. The van der Waals surface area contributed by atoms with Gasteiger partial charge in [0.2, 0.25) is 0 Å². The summed E-state index contributed by atoms with van der Waals surface area (Å²) in [6, 6.07) is 72.3. The first kappa shape index (κ1) is 41.0. The van der Waals surface area contributed by atoms with E-state index >= 15 is 0 Å². The summed E-state index contributed by atoms with van der Waals surface area (Å²) in [6.07, 6.45) is 0. The van der Waals surface area contributed by atoms with E-state index in [0.29, 0.717) is 62.2 Å². The summed E-state index contributed by atoms with van der Waals surface area (Å²) in [6.45, 7) is 7.90. The van der Waals surface area contributed by atoms with Gasteiger partial charge in [-0.15, -0.1) is 0 Å². The summed E-state index contributed by atoms with van der Waals surface area (Å²) >= 11 is 0. The highest BCUT2D eigenvalue weighted by Gasteiger charge is 2.27. The molecule has 70 heavy (non-hydrogen) atoms. The molecule has 0 spiro atoms. The number of hydrogen-bond acceptors (Lipinski definition) is 6. The third-order valence-corrected chi connectivity index (χ3v) is 12.9. The Morgan fingerprint density at radius 3 is 1.43 bits per heavy atom. The highest BCUT2D eigenvalue weighted by atomic mass is 15.0. The van der Waals surface area contributed by atoms with E-state index in [4.69, 9.17) is 21.5 Å². The van der Waals surface area contributed by atoms with Crippen LogP contribution in [0.1, 0.15) is 16.7 Å². The molecule has 9 nitrogen and oxygen atoms in total. The predicted octanol–water partition coefficient (Wildman–Crippen LogP) is 14.6. The Bertz CT molecular complexity index is 4120. The van der Waals surface area contributed by atoms with Crippen molar-refractivity contribution in [1.82, 2.24) is 24.1 Å². The Morgan fingerprint density at radius 1 is 0.386 bits per heavy atom. The quantitative estimate of drug-likeness (QED) is 0.147. The fourth-order valence-electron chi connectivity index (χ4n) is 9.75. The van der Waals surface area contributed by atoms with Crippen molar-refractivity contribution in [2.45, 2.75) is 0 Å². The molecule has 0 radical (unpaired) electrons. The topological polar surface area (TPSA) is 124 Å². The van der Waals surface area contributed by atoms with Gasteiger partial charge in [0.25, 0.3) is 0 Å². The van der Waals surface area contributed by atoms with Gasteiger partial charge in [0.05, 0.1) is 63.7 Å². The molecule has 3 heterocycles. The first-order valence-electron chi connectivity index (χ1n) is 22.5. The summed E-state index contributed by atoms with van der Waals surface area (Å²) < 4.78 is 4.52. The summed E-state index contributed by atoms with van der Waals surface area (Å²) in [5.74, 6) is 1.29. The van der Waals surface area contributed by atoms with Gasteiger partial charge in [-0.25, -0.2) is 19.8 Å². The molecule has 0 aliphatic heterocycles. The van der Waals surface area contributed by atoms with Crippen LogP contribution in [0, 0.1) is 40.6 Å². The fourth-order valence-corrected chi connectivity index (χ4v) is 9.75. The predicted molar refractivity (Wildman–Crippen MR) is 276 cm³/mol. The largest absolute Gasteiger partial charge is 0.309 e. The third-order valence-electron chi connectivity index (χ3n) is 12.9. The van der Waals surface area contributed by atoms with E-state index in [1.54, 1.807) is 24.3 Å². The third kappa shape index (κ3) is 6.72. The van der Waals surface area contributed by atoms with Gasteiger partial charge in [-0.05, 0) is 72.3 Å². The second kappa shape index (κ2) is 16.8. The Labute approximate surface area is 401 Å². The lowest BCUT2D eigenvalue weighted by Gasteiger charge is -2.22. The van der Waals surface area contributed by atoms with Gasteiger partial charge in [-0.2, -0.15) is 15.8 Å². The van der Waals surface area contributed by atoms with Gasteiger partial charge in [0.1, 0.15) is 0 Å². The Balaban J connectivity index is 1.27. The zero-order valence-electron chi connectivity index (χ0n) is 37.1. The molecule has 0 unspecified atom stereocenters. The van der Waals surface area contributed by atoms with Crippen LogP contribution < -0.4 is 0 Å². The zero-order chi connectivity index (χ0) is 47.3. The maximum Gasteiger partial charge on any atom is 0.188 e. The van der Waals surface area contributed by atoms with Gasteiger partial charge >= 0.3 is 0 Å². The summed E-state index contributed by atoms with van der Waals surface area (Å²) in [7, 11) is 0. The van der Waals surface area contributed by atoms with E-state index in [1.165, 1.54) is 0 Å². The van der Waals surface area contributed by atoms with Gasteiger partial charge in [0, 0.05) is 66.2 Å². The van der Waals surface area contributed by atoms with Crippen LogP contribution in [0.4, 0.5) is 5.69 Å². The number of hydrogen-bond donors (Lipinski definition) is 0. The highest BCUT2D eigenvalue weighted by Crippen LogP contribution is 2.47. The zero-order valence-corrected chi connectivity index (χ0v) is 37.1. The second-order valence-electron chi connectivity index (χ2n) is 16.8. The summed E-state index contributed by atoms with van der Waals surface area (Å²) in [4.78, 5) is 19.0. The molecule has 0 bridgehead atoms. The molecule has 0 N–H and O–H groups in total. The van der Waals surface area contributed by atoms with Crippen molar-refractivity contribution < 1.29 is 0 Å². The number of rotatable bonds is 7. The van der Waals surface area contributed by atoms with Crippen molar-refractivity contribution in [2.75, 3.05) is 0 Å². The molecule has 0 atom stereocenters. The number of nitrogens with zero attached hydrogens (tertiary/aromatic N) is 9. The summed E-state index contributed by atoms with van der Waals surface area (Å²) in [5.41, 5.74) is 11.3. The molecular formula is C61H33N9. The number of benzene rings is 9. The van der Waals surface area contributed by atoms with Crippen molar-refractivity contribution in [3.8, 4) is 86.0 Å². The van der Waals surface area contributed by atoms with Crippen molar-refractivity contribution in [3.05, 3.63) is 228 Å². The average Bonchev–Trinajstić information content (AvgIpc) is 3.93. The summed E-state index contributed by atoms with van der Waals surface area (Å²) in [5, 5.41) is 36.2. The molecule has 9 heteroatoms. The second-order valence-corrected chi connectivity index (χ2v) is 16.8. The minimum absolute atomic E-state index is 0.283. The SMILES string of the molecule is [C-]#[N+]c1ccc(-c2cc(-c3nc(-c4ccccc4)nc(-c4ccccc4)n3)cc(-c3ccc(C#N)cc3C#N)c2-n2c3ccccc3c3cc4c5ccccc5n(-c5ccccc5)c4cc32)c(C#N)c1. The van der Waals surface area contributed by atoms with E-state index in [0.717, 1.165) is 60.4 Å².